The normalized spacial score (nSPS) is 12.7. The maximum Gasteiger partial charge on any atom is 0.417 e. The minimum Gasteiger partial charge on any atom is -0.409 e. The van der Waals surface area contributed by atoms with Crippen LogP contribution in [0.4, 0.5) is 13.2 Å². The minimum absolute atomic E-state index is 0.0475. The quantitative estimate of drug-likeness (QED) is 0.387. The lowest BCUT2D eigenvalue weighted by molar-refractivity contribution is -0.137. The Labute approximate surface area is 116 Å². The van der Waals surface area contributed by atoms with Crippen LogP contribution >= 0.6 is 11.6 Å². The zero-order chi connectivity index (χ0) is 14.9. The predicted molar refractivity (Wildman–Crippen MR) is 66.1 cm³/mol. The molecule has 0 saturated carbocycles. The van der Waals surface area contributed by atoms with Crippen LogP contribution in [0, 0.1) is 0 Å². The Hall–Kier alpha value is -2.22. The van der Waals surface area contributed by atoms with Crippen LogP contribution < -0.4 is 5.73 Å². The second kappa shape index (κ2) is 5.04. The number of alkyl halides is 3. The summed E-state index contributed by atoms with van der Waals surface area (Å²) in [6, 6.07) is 3.83. The molecule has 0 aromatic carbocycles. The fraction of sp³-hybridized carbons (Fsp3) is 0.0909. The molecule has 0 unspecified atom stereocenters. The number of nitrogens with two attached hydrogens (primary N) is 1. The van der Waals surface area contributed by atoms with Gasteiger partial charge in [-0.15, -0.1) is 0 Å². The van der Waals surface area contributed by atoms with E-state index in [-0.39, 0.29) is 22.4 Å². The molecule has 0 aliphatic heterocycles. The first-order chi connectivity index (χ1) is 9.34. The number of amidine groups is 1. The molecule has 3 N–H and O–H groups in total. The van der Waals surface area contributed by atoms with E-state index in [1.54, 1.807) is 6.07 Å². The number of hydrogen-bond acceptors (Lipinski definition) is 3. The lowest BCUT2D eigenvalue weighted by Crippen LogP contribution is -2.18. The first-order valence-corrected chi connectivity index (χ1v) is 5.60. The summed E-state index contributed by atoms with van der Waals surface area (Å²) in [4.78, 5) is 3.68. The molecule has 5 nitrogen and oxygen atoms in total. The van der Waals surface area contributed by atoms with Crippen LogP contribution in [0.3, 0.4) is 0 Å². The number of pyridine rings is 1. The van der Waals surface area contributed by atoms with E-state index in [2.05, 4.69) is 10.1 Å². The SMILES string of the molecule is N/C(=N/O)c1cccn1-c1ncc(C(F)(F)F)cc1Cl. The van der Waals surface area contributed by atoms with Crippen molar-refractivity contribution in [1.82, 2.24) is 9.55 Å². The molecule has 0 bridgehead atoms. The Kier molecular flexibility index (Phi) is 3.58. The molecule has 106 valence electrons. The minimum atomic E-state index is -4.53. The van der Waals surface area contributed by atoms with E-state index in [1.165, 1.54) is 16.8 Å². The zero-order valence-electron chi connectivity index (χ0n) is 9.76. The van der Waals surface area contributed by atoms with Gasteiger partial charge in [-0.05, 0) is 18.2 Å². The average Bonchev–Trinajstić information content (AvgIpc) is 2.85. The van der Waals surface area contributed by atoms with Gasteiger partial charge in [0.05, 0.1) is 16.3 Å². The van der Waals surface area contributed by atoms with E-state index < -0.39 is 11.7 Å². The number of rotatable bonds is 2. The molecular weight excluding hydrogens is 297 g/mol. The molecule has 0 radical (unpaired) electrons. The summed E-state index contributed by atoms with van der Waals surface area (Å²) in [7, 11) is 0. The first kappa shape index (κ1) is 14.2. The van der Waals surface area contributed by atoms with E-state index in [9.17, 15) is 13.2 Å². The molecule has 2 rings (SSSR count). The summed E-state index contributed by atoms with van der Waals surface area (Å²) in [6.07, 6.45) is -2.38. The second-order valence-corrected chi connectivity index (χ2v) is 4.18. The van der Waals surface area contributed by atoms with E-state index >= 15 is 0 Å². The molecule has 0 amide bonds. The lowest BCUT2D eigenvalue weighted by atomic mass is 10.2. The largest absolute Gasteiger partial charge is 0.417 e. The summed E-state index contributed by atoms with van der Waals surface area (Å²) in [5.41, 5.74) is 4.75. The Balaban J connectivity index is 2.53. The Morgan fingerprint density at radius 1 is 1.45 bits per heavy atom. The van der Waals surface area contributed by atoms with Crippen molar-refractivity contribution in [2.75, 3.05) is 0 Å². The van der Waals surface area contributed by atoms with Gasteiger partial charge in [-0.2, -0.15) is 13.2 Å². The molecule has 2 aromatic rings. The molecule has 0 aliphatic carbocycles. The lowest BCUT2D eigenvalue weighted by Gasteiger charge is -2.11. The third kappa shape index (κ3) is 2.55. The van der Waals surface area contributed by atoms with Crippen LogP contribution in [0.25, 0.3) is 5.82 Å². The van der Waals surface area contributed by atoms with Gasteiger partial charge in [0.25, 0.3) is 0 Å². The van der Waals surface area contributed by atoms with Crippen molar-refractivity contribution < 1.29 is 18.4 Å². The molecule has 0 fully saturated rings. The van der Waals surface area contributed by atoms with Crippen molar-refractivity contribution in [3.05, 3.63) is 46.9 Å². The highest BCUT2D eigenvalue weighted by molar-refractivity contribution is 6.32. The number of halogens is 4. The third-order valence-corrected chi connectivity index (χ3v) is 2.77. The monoisotopic (exact) mass is 304 g/mol. The standard InChI is InChI=1S/C11H8ClF3N4O/c12-7-4-6(11(13,14)15)5-17-10(7)19-3-1-2-8(19)9(16)18-20/h1-5,20H,(H2,16,18). The molecule has 2 aromatic heterocycles. The van der Waals surface area contributed by atoms with Crippen LogP contribution in [0.1, 0.15) is 11.3 Å². The number of nitrogens with zero attached hydrogens (tertiary/aromatic N) is 3. The van der Waals surface area contributed by atoms with Gasteiger partial charge in [-0.3, -0.25) is 4.57 Å². The van der Waals surface area contributed by atoms with Crippen LogP contribution in [0.2, 0.25) is 5.02 Å². The highest BCUT2D eigenvalue weighted by Crippen LogP contribution is 2.32. The molecular formula is C11H8ClF3N4O. The van der Waals surface area contributed by atoms with E-state index in [4.69, 9.17) is 22.5 Å². The fourth-order valence-corrected chi connectivity index (χ4v) is 1.85. The van der Waals surface area contributed by atoms with Crippen molar-refractivity contribution in [3.63, 3.8) is 0 Å². The summed E-state index contributed by atoms with van der Waals surface area (Å²) >= 11 is 5.82. The Bertz CT molecular complexity index is 666. The van der Waals surface area contributed by atoms with Crippen molar-refractivity contribution in [1.29, 1.82) is 0 Å². The number of oxime groups is 1. The second-order valence-electron chi connectivity index (χ2n) is 3.78. The highest BCUT2D eigenvalue weighted by atomic mass is 35.5. The number of aromatic nitrogens is 2. The van der Waals surface area contributed by atoms with Gasteiger partial charge in [0.2, 0.25) is 0 Å². The van der Waals surface area contributed by atoms with Crippen molar-refractivity contribution in [2.45, 2.75) is 6.18 Å². The molecule has 9 heteroatoms. The molecule has 0 saturated heterocycles. The van der Waals surface area contributed by atoms with Crippen molar-refractivity contribution in [2.24, 2.45) is 10.9 Å². The van der Waals surface area contributed by atoms with Crippen molar-refractivity contribution in [3.8, 4) is 5.82 Å². The van der Waals surface area contributed by atoms with Gasteiger partial charge in [0, 0.05) is 12.4 Å². The van der Waals surface area contributed by atoms with Gasteiger partial charge in [0.15, 0.2) is 11.7 Å². The van der Waals surface area contributed by atoms with E-state index in [1.807, 2.05) is 0 Å². The molecule has 0 atom stereocenters. The molecule has 0 spiro atoms. The van der Waals surface area contributed by atoms with Gasteiger partial charge < -0.3 is 10.9 Å². The van der Waals surface area contributed by atoms with Gasteiger partial charge in [0.1, 0.15) is 0 Å². The topological polar surface area (TPSA) is 76.4 Å². The Morgan fingerprint density at radius 2 is 2.15 bits per heavy atom. The Morgan fingerprint density at radius 3 is 2.70 bits per heavy atom. The van der Waals surface area contributed by atoms with E-state index in [0.717, 1.165) is 6.07 Å². The summed E-state index contributed by atoms with van der Waals surface area (Å²) < 4.78 is 38.9. The fourth-order valence-electron chi connectivity index (χ4n) is 1.59. The maximum atomic E-state index is 12.5. The van der Waals surface area contributed by atoms with Crippen LogP contribution in [0.15, 0.2) is 35.7 Å². The van der Waals surface area contributed by atoms with Crippen molar-refractivity contribution >= 4 is 17.4 Å². The molecule has 2 heterocycles. The van der Waals surface area contributed by atoms with Crippen LogP contribution in [-0.4, -0.2) is 20.6 Å². The van der Waals surface area contributed by atoms with Crippen LogP contribution in [0.5, 0.6) is 0 Å². The predicted octanol–water partition coefficient (Wildman–Crippen LogP) is 2.64. The smallest absolute Gasteiger partial charge is 0.409 e. The molecule has 0 aliphatic rings. The summed E-state index contributed by atoms with van der Waals surface area (Å²) in [5.74, 6) is -0.168. The highest BCUT2D eigenvalue weighted by Gasteiger charge is 2.31. The third-order valence-electron chi connectivity index (χ3n) is 2.50. The average molecular weight is 305 g/mol. The van der Waals surface area contributed by atoms with Gasteiger partial charge >= 0.3 is 6.18 Å². The van der Waals surface area contributed by atoms with E-state index in [0.29, 0.717) is 6.20 Å². The zero-order valence-corrected chi connectivity index (χ0v) is 10.5. The molecule has 20 heavy (non-hydrogen) atoms. The number of hydrogen-bond donors (Lipinski definition) is 2. The summed E-state index contributed by atoms with van der Waals surface area (Å²) in [6.45, 7) is 0. The van der Waals surface area contributed by atoms with Gasteiger partial charge in [-0.25, -0.2) is 4.98 Å². The maximum absolute atomic E-state index is 12.5. The summed E-state index contributed by atoms with van der Waals surface area (Å²) in [5, 5.41) is 11.3. The van der Waals surface area contributed by atoms with Crippen LogP contribution in [-0.2, 0) is 6.18 Å². The first-order valence-electron chi connectivity index (χ1n) is 5.23. The van der Waals surface area contributed by atoms with Gasteiger partial charge in [-0.1, -0.05) is 16.8 Å².